The van der Waals surface area contributed by atoms with Crippen LogP contribution < -0.4 is 15.2 Å². The van der Waals surface area contributed by atoms with Crippen LogP contribution in [0.4, 0.5) is 5.69 Å². The summed E-state index contributed by atoms with van der Waals surface area (Å²) >= 11 is 0. The van der Waals surface area contributed by atoms with Gasteiger partial charge in [-0.15, -0.1) is 6.42 Å². The van der Waals surface area contributed by atoms with Gasteiger partial charge in [-0.25, -0.2) is 9.97 Å². The van der Waals surface area contributed by atoms with Crippen LogP contribution in [0.5, 0.6) is 11.5 Å². The largest absolute Gasteiger partial charge is 0.487 e. The first-order chi connectivity index (χ1) is 14.2. The maximum absolute atomic E-state index is 6.22. The van der Waals surface area contributed by atoms with Gasteiger partial charge >= 0.3 is 0 Å². The van der Waals surface area contributed by atoms with Crippen LogP contribution in [-0.4, -0.2) is 50.6 Å². The Morgan fingerprint density at radius 2 is 1.66 bits per heavy atom. The van der Waals surface area contributed by atoms with Crippen molar-refractivity contribution in [1.82, 2.24) is 9.97 Å². The number of rotatable bonds is 9. The first-order valence-corrected chi connectivity index (χ1v) is 9.07. The molecule has 1 heterocycles. The molecule has 1 aromatic heterocycles. The van der Waals surface area contributed by atoms with Crippen molar-refractivity contribution in [2.24, 2.45) is 0 Å². The lowest BCUT2D eigenvalue weighted by Crippen LogP contribution is -2.09. The first-order valence-electron chi connectivity index (χ1n) is 9.07. The summed E-state index contributed by atoms with van der Waals surface area (Å²) in [5.74, 6) is 3.79. The Hall–Kier alpha value is -3.34. The molecule has 0 unspecified atom stereocenters. The Kier molecular flexibility index (Phi) is 6.85. The number of terminal acetylenes is 1. The zero-order chi connectivity index (χ0) is 20.6. The lowest BCUT2D eigenvalue weighted by Gasteiger charge is -2.15. The van der Waals surface area contributed by atoms with Crippen LogP contribution in [-0.2, 0) is 9.47 Å². The molecule has 0 atom stereocenters. The molecule has 29 heavy (non-hydrogen) atoms. The van der Waals surface area contributed by atoms with E-state index in [0.29, 0.717) is 66.0 Å². The lowest BCUT2D eigenvalue weighted by molar-refractivity contribution is 0.132. The molecular formula is C22H23N3O4. The third kappa shape index (κ3) is 4.57. The fourth-order valence-corrected chi connectivity index (χ4v) is 2.91. The Balaban J connectivity index is 2.14. The quantitative estimate of drug-likeness (QED) is 0.340. The molecule has 0 fully saturated rings. The van der Waals surface area contributed by atoms with Crippen molar-refractivity contribution >= 4 is 16.6 Å². The molecule has 0 saturated carbocycles. The van der Waals surface area contributed by atoms with Crippen LogP contribution in [0.3, 0.4) is 0 Å². The molecule has 0 aliphatic heterocycles. The summed E-state index contributed by atoms with van der Waals surface area (Å²) < 4.78 is 21.8. The van der Waals surface area contributed by atoms with Gasteiger partial charge in [-0.1, -0.05) is 12.0 Å². The topological polar surface area (TPSA) is 88.7 Å². The zero-order valence-electron chi connectivity index (χ0n) is 16.5. The summed E-state index contributed by atoms with van der Waals surface area (Å²) in [4.78, 5) is 8.85. The van der Waals surface area contributed by atoms with Gasteiger partial charge in [-0.3, -0.25) is 0 Å². The van der Waals surface area contributed by atoms with Crippen molar-refractivity contribution in [3.8, 4) is 35.1 Å². The van der Waals surface area contributed by atoms with Crippen LogP contribution in [0.25, 0.3) is 22.2 Å². The fraction of sp³-hybridized carbons (Fsp3) is 0.273. The van der Waals surface area contributed by atoms with E-state index in [1.165, 1.54) is 6.33 Å². The average Bonchev–Trinajstić information content (AvgIpc) is 2.73. The van der Waals surface area contributed by atoms with Gasteiger partial charge in [0.2, 0.25) is 0 Å². The van der Waals surface area contributed by atoms with Crippen molar-refractivity contribution in [2.75, 3.05) is 46.4 Å². The van der Waals surface area contributed by atoms with E-state index in [4.69, 9.17) is 31.1 Å². The van der Waals surface area contributed by atoms with Gasteiger partial charge in [0.15, 0.2) is 11.5 Å². The van der Waals surface area contributed by atoms with Gasteiger partial charge in [0, 0.05) is 42.5 Å². The monoisotopic (exact) mass is 393 g/mol. The van der Waals surface area contributed by atoms with Gasteiger partial charge in [0.25, 0.3) is 0 Å². The molecule has 0 spiro atoms. The van der Waals surface area contributed by atoms with E-state index in [1.807, 2.05) is 24.3 Å². The van der Waals surface area contributed by atoms with Gasteiger partial charge in [-0.05, 0) is 18.2 Å². The predicted octanol–water partition coefficient (Wildman–Crippen LogP) is 2.91. The molecule has 3 rings (SSSR count). The number of fused-ring (bicyclic) bond motifs is 1. The molecule has 7 heteroatoms. The number of ether oxygens (including phenoxy) is 4. The molecule has 0 amide bonds. The zero-order valence-corrected chi connectivity index (χ0v) is 16.5. The number of nitrogens with zero attached hydrogens (tertiary/aromatic N) is 2. The van der Waals surface area contributed by atoms with Crippen LogP contribution >= 0.6 is 0 Å². The van der Waals surface area contributed by atoms with E-state index >= 15 is 0 Å². The van der Waals surface area contributed by atoms with E-state index in [0.717, 1.165) is 5.39 Å². The second-order valence-electron chi connectivity index (χ2n) is 6.14. The van der Waals surface area contributed by atoms with Crippen molar-refractivity contribution in [2.45, 2.75) is 0 Å². The van der Waals surface area contributed by atoms with Crippen molar-refractivity contribution < 1.29 is 18.9 Å². The van der Waals surface area contributed by atoms with E-state index in [2.05, 4.69) is 15.9 Å². The number of hydrogen-bond acceptors (Lipinski definition) is 7. The molecule has 2 aromatic carbocycles. The number of nitrogens with two attached hydrogens (primary N) is 1. The molecule has 0 saturated heterocycles. The van der Waals surface area contributed by atoms with Crippen LogP contribution in [0.2, 0.25) is 0 Å². The highest BCUT2D eigenvalue weighted by Crippen LogP contribution is 2.38. The van der Waals surface area contributed by atoms with Crippen molar-refractivity contribution in [3.05, 3.63) is 42.2 Å². The molecule has 0 aliphatic carbocycles. The van der Waals surface area contributed by atoms with E-state index in [-0.39, 0.29) is 0 Å². The molecule has 150 valence electrons. The van der Waals surface area contributed by atoms with E-state index in [1.54, 1.807) is 20.3 Å². The van der Waals surface area contributed by atoms with Crippen LogP contribution in [0.15, 0.2) is 36.7 Å². The van der Waals surface area contributed by atoms with Gasteiger partial charge < -0.3 is 24.7 Å². The minimum atomic E-state index is 0.370. The van der Waals surface area contributed by atoms with Crippen LogP contribution in [0.1, 0.15) is 5.56 Å². The first kappa shape index (κ1) is 20.4. The predicted molar refractivity (Wildman–Crippen MR) is 112 cm³/mol. The summed E-state index contributed by atoms with van der Waals surface area (Å²) in [6.45, 7) is 1.65. The van der Waals surface area contributed by atoms with E-state index < -0.39 is 0 Å². The second-order valence-corrected chi connectivity index (χ2v) is 6.14. The maximum Gasteiger partial charge on any atom is 0.163 e. The Labute approximate surface area is 169 Å². The number of nitrogen functional groups attached to an aromatic ring is 1. The van der Waals surface area contributed by atoms with Crippen molar-refractivity contribution in [1.29, 1.82) is 0 Å². The molecule has 3 aromatic rings. The van der Waals surface area contributed by atoms with Gasteiger partial charge in [0.05, 0.1) is 24.4 Å². The van der Waals surface area contributed by atoms with Gasteiger partial charge in [0.1, 0.15) is 19.5 Å². The molecule has 7 nitrogen and oxygen atoms in total. The Morgan fingerprint density at radius 3 is 2.31 bits per heavy atom. The summed E-state index contributed by atoms with van der Waals surface area (Å²) in [5, 5.41) is 0.758. The van der Waals surface area contributed by atoms with Crippen molar-refractivity contribution in [3.63, 3.8) is 0 Å². The number of methoxy groups -OCH3 is 2. The highest BCUT2D eigenvalue weighted by atomic mass is 16.5. The Bertz CT molecular complexity index is 1030. The minimum absolute atomic E-state index is 0.370. The normalized spacial score (nSPS) is 10.7. The van der Waals surface area contributed by atoms with E-state index in [9.17, 15) is 0 Å². The fourth-order valence-electron chi connectivity index (χ4n) is 2.91. The molecule has 2 N–H and O–H groups in total. The average molecular weight is 393 g/mol. The molecule has 0 bridgehead atoms. The number of hydrogen-bond donors (Lipinski definition) is 1. The Morgan fingerprint density at radius 1 is 0.966 bits per heavy atom. The second kappa shape index (κ2) is 9.73. The minimum Gasteiger partial charge on any atom is -0.487 e. The molecule has 0 aliphatic rings. The number of benzene rings is 2. The highest BCUT2D eigenvalue weighted by Gasteiger charge is 2.17. The third-order valence-electron chi connectivity index (χ3n) is 4.28. The third-order valence-corrected chi connectivity index (χ3v) is 4.28. The highest BCUT2D eigenvalue weighted by molar-refractivity contribution is 5.98. The molecule has 0 radical (unpaired) electrons. The summed E-state index contributed by atoms with van der Waals surface area (Å²) in [5.41, 5.74) is 9.45. The SMILES string of the molecule is C#Cc1cccc(N)c1-c1ncnc2cc(OCCOC)c(OCCOC)cc12. The summed E-state index contributed by atoms with van der Waals surface area (Å²) in [6, 6.07) is 9.10. The molecular weight excluding hydrogens is 370 g/mol. The maximum atomic E-state index is 6.22. The summed E-state index contributed by atoms with van der Waals surface area (Å²) in [6.07, 6.45) is 7.17. The smallest absolute Gasteiger partial charge is 0.163 e. The lowest BCUT2D eigenvalue weighted by atomic mass is 9.99. The standard InChI is InChI=1S/C22H23N3O4/c1-4-15-6-5-7-17(23)21(15)22-16-12-19(28-10-8-26-2)20(29-11-9-27-3)13-18(16)24-14-25-22/h1,5-7,12-14H,8-11,23H2,2-3H3. The van der Waals surface area contributed by atoms with Crippen LogP contribution in [0, 0.1) is 12.3 Å². The summed E-state index contributed by atoms with van der Waals surface area (Å²) in [7, 11) is 3.23. The van der Waals surface area contributed by atoms with Gasteiger partial charge in [-0.2, -0.15) is 0 Å². The number of aromatic nitrogens is 2. The number of anilines is 1.